The smallest absolute Gasteiger partial charge is 0.184 e. The van der Waals surface area contributed by atoms with Crippen LogP contribution in [0.4, 0.5) is 10.1 Å². The molecule has 1 aromatic carbocycles. The van der Waals surface area contributed by atoms with E-state index in [0.29, 0.717) is 11.4 Å². The fourth-order valence-electron chi connectivity index (χ4n) is 4.78. The summed E-state index contributed by atoms with van der Waals surface area (Å²) in [4.78, 5) is 6.70. The summed E-state index contributed by atoms with van der Waals surface area (Å²) >= 11 is 0. The van der Waals surface area contributed by atoms with Gasteiger partial charge in [-0.2, -0.15) is 10.2 Å². The summed E-state index contributed by atoms with van der Waals surface area (Å²) in [6, 6.07) is 5.26. The third-order valence-electron chi connectivity index (χ3n) is 6.81. The van der Waals surface area contributed by atoms with E-state index in [0.717, 1.165) is 54.6 Å². The third kappa shape index (κ3) is 5.03. The van der Waals surface area contributed by atoms with Crippen LogP contribution in [0.3, 0.4) is 0 Å². The number of hydrogen-bond acceptors (Lipinski definition) is 4. The molecule has 0 unspecified atom stereocenters. The van der Waals surface area contributed by atoms with Crippen molar-refractivity contribution in [3.05, 3.63) is 46.8 Å². The van der Waals surface area contributed by atoms with Gasteiger partial charge in [0, 0.05) is 38.4 Å². The molecule has 7 heteroatoms. The normalized spacial score (nSPS) is 14.8. The van der Waals surface area contributed by atoms with Crippen molar-refractivity contribution in [2.75, 3.05) is 19.0 Å². The minimum Gasteiger partial charge on any atom is -0.378 e. The summed E-state index contributed by atoms with van der Waals surface area (Å²) in [5.74, 6) is 1.88. The molecule has 1 fully saturated rings. The summed E-state index contributed by atoms with van der Waals surface area (Å²) in [5, 5.41) is 12.1. The molecule has 2 aromatic heterocycles. The lowest BCUT2D eigenvalue weighted by Gasteiger charge is -2.21. The quantitative estimate of drug-likeness (QED) is 0.522. The lowest BCUT2D eigenvalue weighted by atomic mass is 9.87. The van der Waals surface area contributed by atoms with Gasteiger partial charge in [-0.1, -0.05) is 32.1 Å². The first-order valence-electron chi connectivity index (χ1n) is 11.8. The lowest BCUT2D eigenvalue weighted by Crippen LogP contribution is -2.13. The van der Waals surface area contributed by atoms with Crippen LogP contribution in [0.5, 0.6) is 0 Å². The first kappa shape index (κ1) is 22.5. The van der Waals surface area contributed by atoms with E-state index < -0.39 is 0 Å². The van der Waals surface area contributed by atoms with Crippen LogP contribution in [0, 0.1) is 25.6 Å². The average Bonchev–Trinajstić information content (AvgIpc) is 3.33. The van der Waals surface area contributed by atoms with Gasteiger partial charge in [0.1, 0.15) is 11.6 Å². The zero-order valence-corrected chi connectivity index (χ0v) is 19.8. The maximum absolute atomic E-state index is 14.9. The van der Waals surface area contributed by atoms with E-state index in [2.05, 4.69) is 17.1 Å². The second-order valence-corrected chi connectivity index (χ2v) is 9.34. The minimum atomic E-state index is -0.284. The van der Waals surface area contributed by atoms with Gasteiger partial charge in [-0.25, -0.2) is 14.1 Å². The van der Waals surface area contributed by atoms with Crippen molar-refractivity contribution in [3.8, 4) is 11.4 Å². The Bertz CT molecular complexity index is 1030. The number of halogens is 1. The summed E-state index contributed by atoms with van der Waals surface area (Å²) in [6.45, 7) is 4.92. The average molecular weight is 439 g/mol. The van der Waals surface area contributed by atoms with Gasteiger partial charge in [-0.3, -0.25) is 5.10 Å². The highest BCUT2D eigenvalue weighted by molar-refractivity contribution is 5.61. The first-order chi connectivity index (χ1) is 15.4. The number of aromatic amines is 1. The highest BCUT2D eigenvalue weighted by Crippen LogP contribution is 2.28. The molecular weight excluding hydrogens is 403 g/mol. The molecule has 0 amide bonds. The summed E-state index contributed by atoms with van der Waals surface area (Å²) in [5.41, 5.74) is 4.65. The van der Waals surface area contributed by atoms with Crippen LogP contribution in [-0.4, -0.2) is 39.1 Å². The Morgan fingerprint density at radius 2 is 1.91 bits per heavy atom. The van der Waals surface area contributed by atoms with Crippen LogP contribution in [0.2, 0.25) is 0 Å². The molecule has 1 N–H and O–H groups in total. The van der Waals surface area contributed by atoms with Crippen molar-refractivity contribution in [1.29, 1.82) is 0 Å². The zero-order valence-electron chi connectivity index (χ0n) is 19.8. The van der Waals surface area contributed by atoms with E-state index in [9.17, 15) is 4.39 Å². The second-order valence-electron chi connectivity index (χ2n) is 9.34. The maximum atomic E-state index is 14.9. The number of hydrogen-bond donors (Lipinski definition) is 1. The maximum Gasteiger partial charge on any atom is 0.184 e. The highest BCUT2D eigenvalue weighted by Gasteiger charge is 2.19. The molecule has 0 bridgehead atoms. The molecule has 3 aromatic rings. The Morgan fingerprint density at radius 3 is 2.56 bits per heavy atom. The van der Waals surface area contributed by atoms with Crippen LogP contribution >= 0.6 is 0 Å². The van der Waals surface area contributed by atoms with E-state index in [1.807, 2.05) is 36.7 Å². The summed E-state index contributed by atoms with van der Waals surface area (Å²) in [7, 11) is 3.81. The topological polar surface area (TPSA) is 62.6 Å². The molecule has 172 valence electrons. The Balaban J connectivity index is 1.58. The molecule has 4 rings (SSSR count). The van der Waals surface area contributed by atoms with Crippen LogP contribution in [0.1, 0.15) is 61.3 Å². The van der Waals surface area contributed by atoms with Gasteiger partial charge in [0.2, 0.25) is 0 Å². The van der Waals surface area contributed by atoms with E-state index in [-0.39, 0.29) is 5.82 Å². The van der Waals surface area contributed by atoms with Crippen molar-refractivity contribution < 1.29 is 4.39 Å². The molecule has 0 atom stereocenters. The van der Waals surface area contributed by atoms with Gasteiger partial charge < -0.3 is 4.90 Å². The standard InChI is InChI=1S/C25H35FN6/c1-17-21(18(2)29-28-17)12-13-24-27-25(22-11-10-20(31(3)4)16-23(22)26)30-32(24)15-14-19-8-6-5-7-9-19/h10-11,16,19H,5-9,12-15H2,1-4H3,(H,28,29). The third-order valence-corrected chi connectivity index (χ3v) is 6.81. The van der Waals surface area contributed by atoms with Crippen molar-refractivity contribution in [2.45, 2.75) is 71.8 Å². The molecule has 0 aliphatic heterocycles. The van der Waals surface area contributed by atoms with Gasteiger partial charge in [0.05, 0.1) is 11.3 Å². The van der Waals surface area contributed by atoms with Crippen molar-refractivity contribution in [2.24, 2.45) is 5.92 Å². The molecule has 0 saturated heterocycles. The predicted octanol–water partition coefficient (Wildman–Crippen LogP) is 5.25. The SMILES string of the molecule is Cc1n[nH]c(C)c1CCc1nc(-c2ccc(N(C)C)cc2F)nn1CCC1CCCCC1. The van der Waals surface area contributed by atoms with Crippen LogP contribution in [-0.2, 0) is 19.4 Å². The molecule has 1 saturated carbocycles. The Morgan fingerprint density at radius 1 is 1.12 bits per heavy atom. The molecule has 32 heavy (non-hydrogen) atoms. The number of rotatable bonds is 8. The van der Waals surface area contributed by atoms with Crippen molar-refractivity contribution in [1.82, 2.24) is 25.0 Å². The molecule has 1 aliphatic carbocycles. The predicted molar refractivity (Wildman–Crippen MR) is 126 cm³/mol. The van der Waals surface area contributed by atoms with Gasteiger partial charge in [-0.15, -0.1) is 0 Å². The first-order valence-corrected chi connectivity index (χ1v) is 11.8. The van der Waals surface area contributed by atoms with Gasteiger partial charge in [0.15, 0.2) is 5.82 Å². The summed E-state index contributed by atoms with van der Waals surface area (Å²) < 4.78 is 16.9. The summed E-state index contributed by atoms with van der Waals surface area (Å²) in [6.07, 6.45) is 9.37. The molecular formula is C25H35FN6. The van der Waals surface area contributed by atoms with Crippen LogP contribution in [0.25, 0.3) is 11.4 Å². The molecule has 0 radical (unpaired) electrons. The van der Waals surface area contributed by atoms with E-state index >= 15 is 0 Å². The van der Waals surface area contributed by atoms with Crippen LogP contribution < -0.4 is 4.90 Å². The monoisotopic (exact) mass is 438 g/mol. The van der Waals surface area contributed by atoms with Gasteiger partial charge in [0.25, 0.3) is 0 Å². The van der Waals surface area contributed by atoms with E-state index in [1.54, 1.807) is 12.1 Å². The number of nitrogens with zero attached hydrogens (tertiary/aromatic N) is 5. The number of aryl methyl sites for hydroxylation is 4. The Labute approximate surface area is 190 Å². The largest absolute Gasteiger partial charge is 0.378 e. The number of H-pyrrole nitrogens is 1. The Hall–Kier alpha value is -2.70. The molecule has 1 aliphatic rings. The molecule has 6 nitrogen and oxygen atoms in total. The van der Waals surface area contributed by atoms with Crippen molar-refractivity contribution >= 4 is 5.69 Å². The van der Waals surface area contributed by atoms with Gasteiger partial charge >= 0.3 is 0 Å². The number of anilines is 1. The van der Waals surface area contributed by atoms with E-state index in [1.165, 1.54) is 37.7 Å². The minimum absolute atomic E-state index is 0.284. The molecule has 2 heterocycles. The fraction of sp³-hybridized carbons (Fsp3) is 0.560. The van der Waals surface area contributed by atoms with E-state index in [4.69, 9.17) is 10.1 Å². The van der Waals surface area contributed by atoms with Gasteiger partial charge in [-0.05, 0) is 56.4 Å². The number of benzene rings is 1. The lowest BCUT2D eigenvalue weighted by molar-refractivity contribution is 0.317. The van der Waals surface area contributed by atoms with Crippen molar-refractivity contribution in [3.63, 3.8) is 0 Å². The van der Waals surface area contributed by atoms with Crippen LogP contribution in [0.15, 0.2) is 18.2 Å². The number of aromatic nitrogens is 5. The second kappa shape index (κ2) is 9.84. The highest BCUT2D eigenvalue weighted by atomic mass is 19.1. The zero-order chi connectivity index (χ0) is 22.7. The molecule has 0 spiro atoms. The number of nitrogens with one attached hydrogen (secondary N) is 1. The Kier molecular flexibility index (Phi) is 6.92. The fourth-order valence-corrected chi connectivity index (χ4v) is 4.78.